The highest BCUT2D eigenvalue weighted by Gasteiger charge is 2.17. The largest absolute Gasteiger partial charge is 0.422 e. The Morgan fingerprint density at radius 2 is 1.68 bits per heavy atom. The van der Waals surface area contributed by atoms with E-state index in [-0.39, 0.29) is 11.9 Å². The van der Waals surface area contributed by atoms with Crippen molar-refractivity contribution in [2.45, 2.75) is 52.9 Å². The minimum absolute atomic E-state index is 0.305. The first kappa shape index (κ1) is 18.0. The van der Waals surface area contributed by atoms with Gasteiger partial charge in [0.15, 0.2) is 11.5 Å². The van der Waals surface area contributed by atoms with E-state index in [4.69, 9.17) is 9.47 Å². The van der Waals surface area contributed by atoms with Crippen LogP contribution in [0.5, 0.6) is 11.5 Å². The van der Waals surface area contributed by atoms with Crippen molar-refractivity contribution in [2.24, 2.45) is 0 Å². The lowest BCUT2D eigenvalue weighted by atomic mass is 10.1. The number of hydrogen-bond acceptors (Lipinski definition) is 4. The lowest BCUT2D eigenvalue weighted by molar-refractivity contribution is -0.137. The van der Waals surface area contributed by atoms with Crippen molar-refractivity contribution in [3.05, 3.63) is 35.9 Å². The van der Waals surface area contributed by atoms with Crippen LogP contribution >= 0.6 is 0 Å². The minimum Gasteiger partial charge on any atom is -0.422 e. The number of rotatable bonds is 8. The number of benzene rings is 1. The van der Waals surface area contributed by atoms with E-state index in [2.05, 4.69) is 6.58 Å². The lowest BCUT2D eigenvalue weighted by Gasteiger charge is -2.14. The molecule has 0 aliphatic rings. The van der Waals surface area contributed by atoms with Crippen molar-refractivity contribution < 1.29 is 19.1 Å². The van der Waals surface area contributed by atoms with E-state index < -0.39 is 0 Å². The molecule has 0 bridgehead atoms. The maximum absolute atomic E-state index is 11.8. The Kier molecular flexibility index (Phi) is 7.37. The van der Waals surface area contributed by atoms with Crippen molar-refractivity contribution in [1.82, 2.24) is 0 Å². The highest BCUT2D eigenvalue weighted by Crippen LogP contribution is 2.33. The summed E-state index contributed by atoms with van der Waals surface area (Å²) < 4.78 is 10.8. The Morgan fingerprint density at radius 1 is 1.09 bits per heavy atom. The monoisotopic (exact) mass is 304 g/mol. The summed E-state index contributed by atoms with van der Waals surface area (Å²) in [7, 11) is 0. The Balaban J connectivity index is 3.12. The van der Waals surface area contributed by atoms with E-state index in [9.17, 15) is 9.59 Å². The molecule has 1 aromatic carbocycles. The summed E-state index contributed by atoms with van der Waals surface area (Å²) in [5.41, 5.74) is 1.73. The molecular weight excluding hydrogens is 280 g/mol. The van der Waals surface area contributed by atoms with Gasteiger partial charge in [-0.25, -0.2) is 0 Å². The van der Waals surface area contributed by atoms with Crippen LogP contribution in [0.25, 0.3) is 0 Å². The van der Waals surface area contributed by atoms with E-state index in [0.29, 0.717) is 43.6 Å². The number of esters is 2. The first-order valence-corrected chi connectivity index (χ1v) is 7.67. The predicted octanol–water partition coefficient (Wildman–Crippen LogP) is 4.13. The van der Waals surface area contributed by atoms with Gasteiger partial charge in [0, 0.05) is 12.8 Å². The van der Waals surface area contributed by atoms with Crippen molar-refractivity contribution in [3.8, 4) is 11.5 Å². The standard InChI is InChI=1S/C18H24O4/c1-5-8-14-11-13(4)18(22-17(20)10-7-3)15(12-14)21-16(19)9-6-2/h5,11-12H,1,6-10H2,2-4H3. The first-order valence-electron chi connectivity index (χ1n) is 7.67. The van der Waals surface area contributed by atoms with Gasteiger partial charge in [-0.3, -0.25) is 9.59 Å². The number of carbonyl (C=O) groups excluding carboxylic acids is 2. The van der Waals surface area contributed by atoms with Gasteiger partial charge in [-0.1, -0.05) is 26.0 Å². The quantitative estimate of drug-likeness (QED) is 0.411. The summed E-state index contributed by atoms with van der Waals surface area (Å²) in [5, 5.41) is 0. The van der Waals surface area contributed by atoms with Crippen LogP contribution in [0.3, 0.4) is 0 Å². The van der Waals surface area contributed by atoms with E-state index >= 15 is 0 Å². The Morgan fingerprint density at radius 3 is 2.23 bits per heavy atom. The van der Waals surface area contributed by atoms with E-state index in [1.165, 1.54) is 0 Å². The van der Waals surface area contributed by atoms with Gasteiger partial charge < -0.3 is 9.47 Å². The summed E-state index contributed by atoms with van der Waals surface area (Å²) in [6.45, 7) is 9.35. The molecule has 0 unspecified atom stereocenters. The van der Waals surface area contributed by atoms with Gasteiger partial charge in [-0.05, 0) is 43.4 Å². The molecule has 0 amide bonds. The molecule has 0 saturated heterocycles. The Bertz CT molecular complexity index is 546. The van der Waals surface area contributed by atoms with E-state index in [0.717, 1.165) is 11.1 Å². The molecule has 0 atom stereocenters. The second kappa shape index (κ2) is 9.03. The summed E-state index contributed by atoms with van der Waals surface area (Å²) in [6.07, 6.45) is 4.49. The van der Waals surface area contributed by atoms with Crippen LogP contribution < -0.4 is 9.47 Å². The molecule has 0 radical (unpaired) electrons. The van der Waals surface area contributed by atoms with Crippen LogP contribution in [-0.4, -0.2) is 11.9 Å². The molecule has 0 spiro atoms. The molecule has 0 heterocycles. The fourth-order valence-corrected chi connectivity index (χ4v) is 2.05. The van der Waals surface area contributed by atoms with E-state index in [1.54, 1.807) is 12.1 Å². The molecule has 0 N–H and O–H groups in total. The van der Waals surface area contributed by atoms with Crippen LogP contribution in [0, 0.1) is 6.92 Å². The van der Waals surface area contributed by atoms with Gasteiger partial charge in [0.05, 0.1) is 0 Å². The zero-order valence-corrected chi connectivity index (χ0v) is 13.6. The van der Waals surface area contributed by atoms with Gasteiger partial charge in [-0.15, -0.1) is 6.58 Å². The maximum atomic E-state index is 11.8. The second-order valence-corrected chi connectivity index (χ2v) is 5.18. The minimum atomic E-state index is -0.328. The molecule has 0 aliphatic carbocycles. The molecular formula is C18H24O4. The number of hydrogen-bond donors (Lipinski definition) is 0. The summed E-state index contributed by atoms with van der Waals surface area (Å²) >= 11 is 0. The van der Waals surface area contributed by atoms with Crippen LogP contribution in [0.1, 0.15) is 50.7 Å². The molecule has 0 fully saturated rings. The Labute approximate surface area is 132 Å². The highest BCUT2D eigenvalue weighted by atomic mass is 16.6. The predicted molar refractivity (Wildman–Crippen MR) is 86.2 cm³/mol. The summed E-state index contributed by atoms with van der Waals surface area (Å²) in [6, 6.07) is 3.64. The molecule has 1 rings (SSSR count). The number of allylic oxidation sites excluding steroid dienone is 1. The van der Waals surface area contributed by atoms with Crippen molar-refractivity contribution in [3.63, 3.8) is 0 Å². The number of ether oxygens (including phenoxy) is 2. The van der Waals surface area contributed by atoms with Crippen molar-refractivity contribution >= 4 is 11.9 Å². The Hall–Kier alpha value is -2.10. The van der Waals surface area contributed by atoms with Gasteiger partial charge in [0.2, 0.25) is 0 Å². The molecule has 22 heavy (non-hydrogen) atoms. The topological polar surface area (TPSA) is 52.6 Å². The zero-order chi connectivity index (χ0) is 16.5. The fraction of sp³-hybridized carbons (Fsp3) is 0.444. The second-order valence-electron chi connectivity index (χ2n) is 5.18. The summed E-state index contributed by atoms with van der Waals surface area (Å²) in [5.74, 6) is -0.0178. The third-order valence-corrected chi connectivity index (χ3v) is 3.03. The van der Waals surface area contributed by atoms with Crippen LogP contribution in [0.4, 0.5) is 0 Å². The molecule has 4 heteroatoms. The first-order chi connectivity index (χ1) is 10.5. The van der Waals surface area contributed by atoms with Crippen LogP contribution in [-0.2, 0) is 16.0 Å². The van der Waals surface area contributed by atoms with Gasteiger partial charge in [0.25, 0.3) is 0 Å². The molecule has 0 saturated carbocycles. The highest BCUT2D eigenvalue weighted by molar-refractivity contribution is 5.77. The van der Waals surface area contributed by atoms with E-state index in [1.807, 2.05) is 26.8 Å². The molecule has 120 valence electrons. The maximum Gasteiger partial charge on any atom is 0.311 e. The number of aryl methyl sites for hydroxylation is 1. The molecule has 0 aliphatic heterocycles. The van der Waals surface area contributed by atoms with Gasteiger partial charge in [0.1, 0.15) is 0 Å². The lowest BCUT2D eigenvalue weighted by Crippen LogP contribution is -2.13. The fourth-order valence-electron chi connectivity index (χ4n) is 2.05. The zero-order valence-electron chi connectivity index (χ0n) is 13.6. The smallest absolute Gasteiger partial charge is 0.311 e. The van der Waals surface area contributed by atoms with Crippen molar-refractivity contribution in [1.29, 1.82) is 0 Å². The van der Waals surface area contributed by atoms with Crippen LogP contribution in [0.2, 0.25) is 0 Å². The average Bonchev–Trinajstić information content (AvgIpc) is 2.43. The molecule has 4 nitrogen and oxygen atoms in total. The van der Waals surface area contributed by atoms with Gasteiger partial charge in [-0.2, -0.15) is 0 Å². The SMILES string of the molecule is C=CCc1cc(C)c(OC(=O)CCC)c(OC(=O)CCC)c1. The summed E-state index contributed by atoms with van der Waals surface area (Å²) in [4.78, 5) is 23.5. The molecule has 0 aromatic heterocycles. The van der Waals surface area contributed by atoms with Gasteiger partial charge >= 0.3 is 11.9 Å². The van der Waals surface area contributed by atoms with Crippen LogP contribution in [0.15, 0.2) is 24.8 Å². The third kappa shape index (κ3) is 5.35. The third-order valence-electron chi connectivity index (χ3n) is 3.03. The molecule has 1 aromatic rings. The normalized spacial score (nSPS) is 10.1. The van der Waals surface area contributed by atoms with Crippen molar-refractivity contribution in [2.75, 3.05) is 0 Å². The number of carbonyl (C=O) groups is 2. The average molecular weight is 304 g/mol.